The van der Waals surface area contributed by atoms with Crippen LogP contribution in [0.1, 0.15) is 34.8 Å². The largest absolute Gasteiger partial charge is 0.352 e. The van der Waals surface area contributed by atoms with Gasteiger partial charge in [-0.25, -0.2) is 4.98 Å². The first-order valence-electron chi connectivity index (χ1n) is 7.72. The summed E-state index contributed by atoms with van der Waals surface area (Å²) in [7, 11) is 1.75. The fourth-order valence-electron chi connectivity index (χ4n) is 2.87. The van der Waals surface area contributed by atoms with Crippen LogP contribution < -0.4 is 16.2 Å². The molecule has 0 radical (unpaired) electrons. The molecule has 2 aliphatic rings. The Morgan fingerprint density at radius 3 is 2.86 bits per heavy atom. The molecule has 0 bridgehead atoms. The molecule has 4 rings (SSSR count). The van der Waals surface area contributed by atoms with Gasteiger partial charge in [0.2, 0.25) is 0 Å². The predicted octanol–water partition coefficient (Wildman–Crippen LogP) is 0.0882. The molecule has 3 heterocycles. The molecule has 3 N–H and O–H groups in total. The molecule has 1 amide bonds. The Labute approximate surface area is 127 Å². The van der Waals surface area contributed by atoms with Gasteiger partial charge in [-0.2, -0.15) is 0 Å². The van der Waals surface area contributed by atoms with Gasteiger partial charge in [-0.05, 0) is 18.9 Å². The Bertz CT molecular complexity index is 798. The highest BCUT2D eigenvalue weighted by Gasteiger charge is 2.28. The second kappa shape index (κ2) is 4.95. The molecule has 116 valence electrons. The lowest BCUT2D eigenvalue weighted by Gasteiger charge is -2.27. The Balaban J connectivity index is 1.73. The number of hydrogen-bond donors (Lipinski definition) is 3. The topological polar surface area (TPSA) is 91.8 Å². The number of carbonyl (C=O) groups excluding carboxylic acids is 1. The van der Waals surface area contributed by atoms with E-state index < -0.39 is 0 Å². The van der Waals surface area contributed by atoms with E-state index in [4.69, 9.17) is 0 Å². The second-order valence-electron chi connectivity index (χ2n) is 6.30. The molecule has 2 fully saturated rings. The lowest BCUT2D eigenvalue weighted by molar-refractivity contribution is 0.0943. The van der Waals surface area contributed by atoms with Crippen molar-refractivity contribution in [3.63, 3.8) is 0 Å². The van der Waals surface area contributed by atoms with Crippen molar-refractivity contribution in [1.29, 1.82) is 0 Å². The van der Waals surface area contributed by atoms with Crippen molar-refractivity contribution in [1.82, 2.24) is 25.4 Å². The van der Waals surface area contributed by atoms with E-state index in [2.05, 4.69) is 20.7 Å². The number of carbonyl (C=O) groups is 1. The number of amides is 1. The SMILES string of the molecule is Cn1[nH]c(=O)c2c(C(=O)NCC3CNC3)cc(C3CC3)nc21. The molecule has 2 aromatic rings. The molecule has 0 aromatic carbocycles. The van der Waals surface area contributed by atoms with Gasteiger partial charge < -0.3 is 10.6 Å². The number of rotatable bonds is 4. The normalized spacial score (nSPS) is 18.4. The molecular formula is C15H19N5O2. The van der Waals surface area contributed by atoms with Gasteiger partial charge in [0.15, 0.2) is 5.65 Å². The van der Waals surface area contributed by atoms with E-state index in [9.17, 15) is 9.59 Å². The fourth-order valence-corrected chi connectivity index (χ4v) is 2.87. The first-order valence-corrected chi connectivity index (χ1v) is 7.72. The van der Waals surface area contributed by atoms with E-state index in [-0.39, 0.29) is 11.5 Å². The van der Waals surface area contributed by atoms with Crippen molar-refractivity contribution in [2.75, 3.05) is 19.6 Å². The molecule has 7 heteroatoms. The van der Waals surface area contributed by atoms with E-state index in [1.807, 2.05) is 0 Å². The predicted molar refractivity (Wildman–Crippen MR) is 82.0 cm³/mol. The van der Waals surface area contributed by atoms with E-state index >= 15 is 0 Å². The number of nitrogens with one attached hydrogen (secondary N) is 3. The average Bonchev–Trinajstić information content (AvgIpc) is 3.24. The maximum Gasteiger partial charge on any atom is 0.274 e. The van der Waals surface area contributed by atoms with Crippen LogP contribution in [0.4, 0.5) is 0 Å². The first kappa shape index (κ1) is 13.5. The monoisotopic (exact) mass is 301 g/mol. The van der Waals surface area contributed by atoms with Crippen LogP contribution in [-0.4, -0.2) is 40.3 Å². The maximum atomic E-state index is 12.5. The molecule has 1 aliphatic carbocycles. The minimum Gasteiger partial charge on any atom is -0.352 e. The summed E-state index contributed by atoms with van der Waals surface area (Å²) in [5.74, 6) is 0.730. The summed E-state index contributed by atoms with van der Waals surface area (Å²) in [6.45, 7) is 2.51. The smallest absolute Gasteiger partial charge is 0.274 e. The summed E-state index contributed by atoms with van der Waals surface area (Å²) in [6.07, 6.45) is 2.21. The van der Waals surface area contributed by atoms with Crippen LogP contribution in [0.3, 0.4) is 0 Å². The van der Waals surface area contributed by atoms with Crippen LogP contribution in [0.2, 0.25) is 0 Å². The van der Waals surface area contributed by atoms with Crippen LogP contribution >= 0.6 is 0 Å². The number of H-pyrrole nitrogens is 1. The Hall–Kier alpha value is -2.15. The van der Waals surface area contributed by atoms with E-state index in [1.54, 1.807) is 17.8 Å². The quantitative estimate of drug-likeness (QED) is 0.746. The van der Waals surface area contributed by atoms with Gasteiger partial charge in [-0.1, -0.05) is 0 Å². The van der Waals surface area contributed by atoms with E-state index in [1.165, 1.54) is 0 Å². The molecule has 1 saturated carbocycles. The zero-order valence-corrected chi connectivity index (χ0v) is 12.5. The first-order chi connectivity index (χ1) is 10.6. The van der Waals surface area contributed by atoms with Gasteiger partial charge in [0, 0.05) is 44.2 Å². The summed E-state index contributed by atoms with van der Waals surface area (Å²) < 4.78 is 1.59. The number of hydrogen-bond acceptors (Lipinski definition) is 4. The highest BCUT2D eigenvalue weighted by atomic mass is 16.2. The van der Waals surface area contributed by atoms with Gasteiger partial charge in [-0.3, -0.25) is 19.4 Å². The fraction of sp³-hybridized carbons (Fsp3) is 0.533. The molecule has 2 aromatic heterocycles. The molecule has 22 heavy (non-hydrogen) atoms. The van der Waals surface area contributed by atoms with Crippen LogP contribution in [-0.2, 0) is 7.05 Å². The summed E-state index contributed by atoms with van der Waals surface area (Å²) in [5.41, 5.74) is 1.66. The number of aryl methyl sites for hydroxylation is 1. The molecule has 1 aliphatic heterocycles. The zero-order valence-electron chi connectivity index (χ0n) is 12.5. The molecule has 0 atom stereocenters. The number of fused-ring (bicyclic) bond motifs is 1. The van der Waals surface area contributed by atoms with Crippen molar-refractivity contribution in [2.45, 2.75) is 18.8 Å². The van der Waals surface area contributed by atoms with Crippen LogP contribution in [0.25, 0.3) is 11.0 Å². The summed E-state index contributed by atoms with van der Waals surface area (Å²) in [5, 5.41) is 9.21. The average molecular weight is 301 g/mol. The van der Waals surface area contributed by atoms with Crippen LogP contribution in [0.15, 0.2) is 10.9 Å². The minimum atomic E-state index is -0.261. The number of aromatic amines is 1. The van der Waals surface area contributed by atoms with Gasteiger partial charge >= 0.3 is 0 Å². The lowest BCUT2D eigenvalue weighted by Crippen LogP contribution is -2.48. The summed E-state index contributed by atoms with van der Waals surface area (Å²) in [6, 6.07) is 1.80. The Morgan fingerprint density at radius 1 is 1.45 bits per heavy atom. The third kappa shape index (κ3) is 2.21. The third-order valence-corrected chi connectivity index (χ3v) is 4.49. The van der Waals surface area contributed by atoms with Crippen LogP contribution in [0, 0.1) is 5.92 Å². The maximum absolute atomic E-state index is 12.5. The highest BCUT2D eigenvalue weighted by molar-refractivity contribution is 6.05. The van der Waals surface area contributed by atoms with Gasteiger partial charge in [0.05, 0.1) is 10.9 Å². The van der Waals surface area contributed by atoms with Crippen LogP contribution in [0.5, 0.6) is 0 Å². The molecule has 7 nitrogen and oxygen atoms in total. The molecular weight excluding hydrogens is 282 g/mol. The Kier molecular flexibility index (Phi) is 3.04. The highest BCUT2D eigenvalue weighted by Crippen LogP contribution is 2.39. The second-order valence-corrected chi connectivity index (χ2v) is 6.30. The van der Waals surface area contributed by atoms with Crippen molar-refractivity contribution in [3.05, 3.63) is 27.7 Å². The molecule has 1 saturated heterocycles. The number of nitrogens with zero attached hydrogens (tertiary/aromatic N) is 2. The standard InChI is InChI=1S/C15H19N5O2/c1-20-13-12(15(22)19-20)10(4-11(18-13)9-2-3-9)14(21)17-7-8-5-16-6-8/h4,8-9,16H,2-3,5-7H2,1H3,(H,17,21)(H,19,22). The summed E-state index contributed by atoms with van der Waals surface area (Å²) in [4.78, 5) is 29.2. The van der Waals surface area contributed by atoms with Gasteiger partial charge in [0.1, 0.15) is 0 Å². The molecule has 0 spiro atoms. The van der Waals surface area contributed by atoms with Crippen molar-refractivity contribution in [2.24, 2.45) is 13.0 Å². The number of aromatic nitrogens is 3. The third-order valence-electron chi connectivity index (χ3n) is 4.49. The van der Waals surface area contributed by atoms with E-state index in [0.717, 1.165) is 31.6 Å². The minimum absolute atomic E-state index is 0.182. The van der Waals surface area contributed by atoms with Crippen molar-refractivity contribution < 1.29 is 4.79 Å². The van der Waals surface area contributed by atoms with Crippen molar-refractivity contribution >= 4 is 16.9 Å². The molecule has 0 unspecified atom stereocenters. The zero-order chi connectivity index (χ0) is 15.3. The summed E-state index contributed by atoms with van der Waals surface area (Å²) >= 11 is 0. The Morgan fingerprint density at radius 2 is 2.23 bits per heavy atom. The van der Waals surface area contributed by atoms with Crippen molar-refractivity contribution in [3.8, 4) is 0 Å². The number of pyridine rings is 1. The van der Waals surface area contributed by atoms with Gasteiger partial charge in [0.25, 0.3) is 11.5 Å². The van der Waals surface area contributed by atoms with Gasteiger partial charge in [-0.15, -0.1) is 0 Å². The van der Waals surface area contributed by atoms with E-state index in [0.29, 0.717) is 35.0 Å². The lowest BCUT2D eigenvalue weighted by atomic mass is 10.0.